The highest BCUT2D eigenvalue weighted by atomic mass is 19.1. The van der Waals surface area contributed by atoms with Crippen molar-refractivity contribution in [2.24, 2.45) is 0 Å². The van der Waals surface area contributed by atoms with Gasteiger partial charge in [0.1, 0.15) is 5.82 Å². The van der Waals surface area contributed by atoms with E-state index in [1.165, 1.54) is 12.1 Å². The fourth-order valence-electron chi connectivity index (χ4n) is 3.79. The van der Waals surface area contributed by atoms with Gasteiger partial charge in [0.05, 0.1) is 12.1 Å². The molecule has 142 valence electrons. The molecule has 3 rings (SSSR count). The molecule has 1 aromatic carbocycles. The normalized spacial score (nSPS) is 23.7. The van der Waals surface area contributed by atoms with Crippen LogP contribution in [-0.4, -0.2) is 67.0 Å². The zero-order valence-corrected chi connectivity index (χ0v) is 15.5. The predicted molar refractivity (Wildman–Crippen MR) is 98.6 cm³/mol. The molecule has 0 radical (unpaired) electrons. The highest BCUT2D eigenvalue weighted by Crippen LogP contribution is 2.33. The number of unbranched alkanes of at least 4 members (excludes halogenated alkanes) is 1. The molecule has 1 spiro atoms. The molecule has 6 nitrogen and oxygen atoms in total. The zero-order valence-electron chi connectivity index (χ0n) is 15.5. The van der Waals surface area contributed by atoms with Crippen molar-refractivity contribution < 1.29 is 14.0 Å². The number of piperazine rings is 1. The van der Waals surface area contributed by atoms with Crippen molar-refractivity contribution in [3.8, 4) is 0 Å². The molecule has 1 atom stereocenters. The molecule has 2 aliphatic rings. The molecular formula is C19H27FN4O2. The minimum atomic E-state index is -0.355. The standard InChI is InChI=1S/C19H27FN4O2/c1-3-4-9-21-18(26)23-10-8-19(13-23)14-24(17(25)12-22(19)2)16-7-5-6-15(20)11-16/h5-7,11H,3-4,8-10,12-14H2,1-2H3,(H,21,26). The first-order valence-corrected chi connectivity index (χ1v) is 9.25. The van der Waals surface area contributed by atoms with Crippen LogP contribution in [0.5, 0.6) is 0 Å². The number of nitrogens with zero attached hydrogens (tertiary/aromatic N) is 3. The van der Waals surface area contributed by atoms with Crippen LogP contribution in [0.2, 0.25) is 0 Å². The number of likely N-dealkylation sites (N-methyl/N-ethyl adjacent to an activating group) is 1. The number of carbonyl (C=O) groups is 2. The van der Waals surface area contributed by atoms with Crippen LogP contribution in [0.15, 0.2) is 24.3 Å². The number of hydrogen-bond acceptors (Lipinski definition) is 3. The summed E-state index contributed by atoms with van der Waals surface area (Å²) < 4.78 is 13.6. The first kappa shape index (κ1) is 18.6. The van der Waals surface area contributed by atoms with Gasteiger partial charge < -0.3 is 15.1 Å². The minimum Gasteiger partial charge on any atom is -0.338 e. The van der Waals surface area contributed by atoms with E-state index in [2.05, 4.69) is 12.2 Å². The van der Waals surface area contributed by atoms with E-state index < -0.39 is 0 Å². The molecule has 3 amide bonds. The summed E-state index contributed by atoms with van der Waals surface area (Å²) in [4.78, 5) is 30.4. The Morgan fingerprint density at radius 2 is 2.15 bits per heavy atom. The van der Waals surface area contributed by atoms with E-state index in [4.69, 9.17) is 0 Å². The first-order valence-electron chi connectivity index (χ1n) is 9.25. The number of likely N-dealkylation sites (tertiary alicyclic amines) is 1. The third-order valence-electron chi connectivity index (χ3n) is 5.48. The lowest BCUT2D eigenvalue weighted by molar-refractivity contribution is -0.123. The molecule has 0 saturated carbocycles. The van der Waals surface area contributed by atoms with Crippen molar-refractivity contribution in [2.75, 3.05) is 44.7 Å². The molecule has 1 aromatic rings. The fourth-order valence-corrected chi connectivity index (χ4v) is 3.79. The summed E-state index contributed by atoms with van der Waals surface area (Å²) in [6.45, 7) is 4.73. The van der Waals surface area contributed by atoms with Crippen molar-refractivity contribution in [2.45, 2.75) is 31.7 Å². The highest BCUT2D eigenvalue weighted by Gasteiger charge is 2.48. The Kier molecular flexibility index (Phi) is 5.46. The van der Waals surface area contributed by atoms with Gasteiger partial charge in [0, 0.05) is 31.9 Å². The Labute approximate surface area is 153 Å². The lowest BCUT2D eigenvalue weighted by Crippen LogP contribution is -2.64. The van der Waals surface area contributed by atoms with E-state index >= 15 is 0 Å². The Balaban J connectivity index is 1.72. The SMILES string of the molecule is CCCCNC(=O)N1CCC2(C1)CN(c1cccc(F)c1)C(=O)CN2C. The summed E-state index contributed by atoms with van der Waals surface area (Å²) in [5.74, 6) is -0.402. The summed E-state index contributed by atoms with van der Waals surface area (Å²) in [5.41, 5.74) is 0.288. The van der Waals surface area contributed by atoms with Crippen molar-refractivity contribution >= 4 is 17.6 Å². The van der Waals surface area contributed by atoms with Gasteiger partial charge in [-0.1, -0.05) is 19.4 Å². The van der Waals surface area contributed by atoms with E-state index in [1.54, 1.807) is 17.0 Å². The third kappa shape index (κ3) is 3.67. The van der Waals surface area contributed by atoms with Crippen LogP contribution in [0.4, 0.5) is 14.9 Å². The number of hydrogen-bond donors (Lipinski definition) is 1. The van der Waals surface area contributed by atoms with Gasteiger partial charge in [0.15, 0.2) is 0 Å². The molecule has 0 aliphatic carbocycles. The Bertz CT molecular complexity index is 683. The molecular weight excluding hydrogens is 335 g/mol. The molecule has 0 aromatic heterocycles. The number of halogens is 1. The number of rotatable bonds is 4. The van der Waals surface area contributed by atoms with Crippen molar-refractivity contribution in [3.05, 3.63) is 30.1 Å². The average Bonchev–Trinajstić information content (AvgIpc) is 3.04. The van der Waals surface area contributed by atoms with Crippen LogP contribution in [-0.2, 0) is 4.79 Å². The van der Waals surface area contributed by atoms with E-state index in [0.29, 0.717) is 31.9 Å². The van der Waals surface area contributed by atoms with Gasteiger partial charge in [-0.15, -0.1) is 0 Å². The maximum absolute atomic E-state index is 13.6. The van der Waals surface area contributed by atoms with Gasteiger partial charge >= 0.3 is 6.03 Å². The van der Waals surface area contributed by atoms with E-state index in [1.807, 2.05) is 16.8 Å². The van der Waals surface area contributed by atoms with Crippen LogP contribution < -0.4 is 10.2 Å². The summed E-state index contributed by atoms with van der Waals surface area (Å²) in [6.07, 6.45) is 2.80. The number of amides is 3. The van der Waals surface area contributed by atoms with E-state index in [0.717, 1.165) is 19.3 Å². The smallest absolute Gasteiger partial charge is 0.317 e. The number of urea groups is 1. The fraction of sp³-hybridized carbons (Fsp3) is 0.579. The number of benzene rings is 1. The molecule has 7 heteroatoms. The van der Waals surface area contributed by atoms with Crippen LogP contribution >= 0.6 is 0 Å². The number of carbonyl (C=O) groups excluding carboxylic acids is 2. The van der Waals surface area contributed by atoms with Crippen molar-refractivity contribution in [1.29, 1.82) is 0 Å². The van der Waals surface area contributed by atoms with Gasteiger partial charge in [-0.3, -0.25) is 9.69 Å². The lowest BCUT2D eigenvalue weighted by atomic mass is 9.92. The van der Waals surface area contributed by atoms with Gasteiger partial charge in [-0.05, 0) is 38.1 Å². The monoisotopic (exact) mass is 362 g/mol. The molecule has 2 heterocycles. The second kappa shape index (κ2) is 7.61. The van der Waals surface area contributed by atoms with Crippen LogP contribution in [0.1, 0.15) is 26.2 Å². The maximum atomic E-state index is 13.6. The Hall–Kier alpha value is -2.15. The second-order valence-corrected chi connectivity index (χ2v) is 7.30. The molecule has 1 N–H and O–H groups in total. The average molecular weight is 362 g/mol. The molecule has 2 fully saturated rings. The predicted octanol–water partition coefficient (Wildman–Crippen LogP) is 2.06. The van der Waals surface area contributed by atoms with Gasteiger partial charge in [0.25, 0.3) is 0 Å². The summed E-state index contributed by atoms with van der Waals surface area (Å²) in [5, 5.41) is 2.96. The van der Waals surface area contributed by atoms with Crippen molar-refractivity contribution in [3.63, 3.8) is 0 Å². The minimum absolute atomic E-state index is 0.0436. The zero-order chi connectivity index (χ0) is 18.7. The van der Waals surface area contributed by atoms with E-state index in [-0.39, 0.29) is 29.8 Å². The molecule has 2 aliphatic heterocycles. The Morgan fingerprint density at radius 3 is 2.88 bits per heavy atom. The topological polar surface area (TPSA) is 55.9 Å². The largest absolute Gasteiger partial charge is 0.338 e. The summed E-state index contributed by atoms with van der Waals surface area (Å²) in [6, 6.07) is 6.09. The van der Waals surface area contributed by atoms with Gasteiger partial charge in [-0.25, -0.2) is 9.18 Å². The van der Waals surface area contributed by atoms with Gasteiger partial charge in [0.2, 0.25) is 5.91 Å². The van der Waals surface area contributed by atoms with Gasteiger partial charge in [-0.2, -0.15) is 0 Å². The molecule has 2 saturated heterocycles. The Morgan fingerprint density at radius 1 is 1.35 bits per heavy atom. The van der Waals surface area contributed by atoms with Crippen molar-refractivity contribution in [1.82, 2.24) is 15.1 Å². The number of anilines is 1. The quantitative estimate of drug-likeness (QED) is 0.834. The molecule has 26 heavy (non-hydrogen) atoms. The summed E-state index contributed by atoms with van der Waals surface area (Å²) in [7, 11) is 1.93. The van der Waals surface area contributed by atoms with Crippen LogP contribution in [0.3, 0.4) is 0 Å². The number of nitrogens with one attached hydrogen (secondary N) is 1. The van der Waals surface area contributed by atoms with E-state index in [9.17, 15) is 14.0 Å². The van der Waals surface area contributed by atoms with Crippen LogP contribution in [0, 0.1) is 5.82 Å². The first-order chi connectivity index (χ1) is 12.4. The lowest BCUT2D eigenvalue weighted by Gasteiger charge is -2.46. The third-order valence-corrected chi connectivity index (χ3v) is 5.48. The maximum Gasteiger partial charge on any atom is 0.317 e. The molecule has 0 bridgehead atoms. The summed E-state index contributed by atoms with van der Waals surface area (Å²) >= 11 is 0. The highest BCUT2D eigenvalue weighted by molar-refractivity contribution is 5.96. The molecule has 1 unspecified atom stereocenters. The van der Waals surface area contributed by atoms with Crippen LogP contribution in [0.25, 0.3) is 0 Å². The second-order valence-electron chi connectivity index (χ2n) is 7.30.